The second-order valence-corrected chi connectivity index (χ2v) is 7.53. The van der Waals surface area contributed by atoms with E-state index in [0.717, 1.165) is 11.3 Å². The molecular weight excluding hydrogens is 386 g/mol. The summed E-state index contributed by atoms with van der Waals surface area (Å²) in [4.78, 5) is 38.7. The molecule has 1 N–H and O–H groups in total. The molecule has 1 aliphatic carbocycles. The minimum atomic E-state index is -0.904. The van der Waals surface area contributed by atoms with E-state index < -0.39 is 23.8 Å². The van der Waals surface area contributed by atoms with Gasteiger partial charge in [0.05, 0.1) is 26.4 Å². The van der Waals surface area contributed by atoms with Crippen LogP contribution < -0.4 is 10.1 Å². The Balaban J connectivity index is 2.17. The summed E-state index contributed by atoms with van der Waals surface area (Å²) >= 11 is 0. The maximum atomic E-state index is 13.5. The fourth-order valence-electron chi connectivity index (χ4n) is 4.29. The molecule has 3 rings (SSSR count). The van der Waals surface area contributed by atoms with E-state index in [1.807, 2.05) is 19.1 Å². The SMILES string of the molecule is CCOC(=O)C1=C(C)NC2=C(C(=O)[C@H](C(=O)OC)[C@H](C)C2)[C@@H]1c1ccc(OC)cc1. The lowest BCUT2D eigenvalue weighted by atomic mass is 9.69. The fourth-order valence-corrected chi connectivity index (χ4v) is 4.29. The Hall–Kier alpha value is -3.09. The van der Waals surface area contributed by atoms with Crippen molar-refractivity contribution < 1.29 is 28.6 Å². The fraction of sp³-hybridized carbons (Fsp3) is 0.435. The highest BCUT2D eigenvalue weighted by atomic mass is 16.5. The van der Waals surface area contributed by atoms with Gasteiger partial charge in [-0.25, -0.2) is 4.79 Å². The zero-order valence-electron chi connectivity index (χ0n) is 17.9. The van der Waals surface area contributed by atoms with Crippen molar-refractivity contribution in [3.05, 3.63) is 52.4 Å². The molecule has 2 aliphatic rings. The zero-order valence-corrected chi connectivity index (χ0v) is 17.9. The minimum absolute atomic E-state index is 0.215. The third-order valence-corrected chi connectivity index (χ3v) is 5.69. The van der Waals surface area contributed by atoms with Crippen molar-refractivity contribution >= 4 is 17.7 Å². The Bertz CT molecular complexity index is 928. The molecule has 30 heavy (non-hydrogen) atoms. The first-order chi connectivity index (χ1) is 14.3. The highest BCUT2D eigenvalue weighted by molar-refractivity contribution is 6.12. The molecule has 0 amide bonds. The molecule has 0 aromatic heterocycles. The Morgan fingerprint density at radius 1 is 1.17 bits per heavy atom. The molecule has 1 heterocycles. The predicted octanol–water partition coefficient (Wildman–Crippen LogP) is 2.87. The van der Waals surface area contributed by atoms with Gasteiger partial charge in [-0.15, -0.1) is 0 Å². The van der Waals surface area contributed by atoms with Crippen LogP contribution >= 0.6 is 0 Å². The van der Waals surface area contributed by atoms with E-state index in [2.05, 4.69) is 5.32 Å². The molecule has 0 radical (unpaired) electrons. The molecule has 0 saturated carbocycles. The zero-order chi connectivity index (χ0) is 22.0. The van der Waals surface area contributed by atoms with Gasteiger partial charge in [0, 0.05) is 22.9 Å². The highest BCUT2D eigenvalue weighted by Crippen LogP contribution is 2.45. The summed E-state index contributed by atoms with van der Waals surface area (Å²) in [5.74, 6) is -2.47. The number of allylic oxidation sites excluding steroid dienone is 3. The molecule has 1 aliphatic heterocycles. The smallest absolute Gasteiger partial charge is 0.336 e. The second kappa shape index (κ2) is 8.73. The van der Waals surface area contributed by atoms with Gasteiger partial charge < -0.3 is 19.5 Å². The Morgan fingerprint density at radius 3 is 2.40 bits per heavy atom. The van der Waals surface area contributed by atoms with Gasteiger partial charge in [0.25, 0.3) is 0 Å². The van der Waals surface area contributed by atoms with Crippen molar-refractivity contribution in [3.63, 3.8) is 0 Å². The van der Waals surface area contributed by atoms with Crippen molar-refractivity contribution in [2.75, 3.05) is 20.8 Å². The van der Waals surface area contributed by atoms with E-state index >= 15 is 0 Å². The van der Waals surface area contributed by atoms with Gasteiger partial charge in [0.2, 0.25) is 0 Å². The molecule has 7 nitrogen and oxygen atoms in total. The molecule has 0 bridgehead atoms. The van der Waals surface area contributed by atoms with E-state index in [4.69, 9.17) is 14.2 Å². The number of carbonyl (C=O) groups is 3. The Kier molecular flexibility index (Phi) is 6.29. The third kappa shape index (κ3) is 3.72. The molecule has 0 spiro atoms. The first-order valence-corrected chi connectivity index (χ1v) is 9.97. The van der Waals surface area contributed by atoms with Crippen molar-refractivity contribution in [2.24, 2.45) is 11.8 Å². The van der Waals surface area contributed by atoms with E-state index in [-0.39, 0.29) is 18.3 Å². The summed E-state index contributed by atoms with van der Waals surface area (Å²) in [7, 11) is 2.85. The normalized spacial score (nSPS) is 23.5. The number of ketones is 1. The summed E-state index contributed by atoms with van der Waals surface area (Å²) in [6.45, 7) is 5.60. The number of methoxy groups -OCH3 is 2. The molecule has 0 fully saturated rings. The summed E-state index contributed by atoms with van der Waals surface area (Å²) < 4.78 is 15.4. The van der Waals surface area contributed by atoms with Gasteiger partial charge in [-0.3, -0.25) is 9.59 Å². The van der Waals surface area contributed by atoms with Crippen LogP contribution in [0.2, 0.25) is 0 Å². The molecular formula is C23H27NO6. The number of hydrogen-bond acceptors (Lipinski definition) is 7. The van der Waals surface area contributed by atoms with E-state index in [1.165, 1.54) is 7.11 Å². The summed E-state index contributed by atoms with van der Waals surface area (Å²) in [5.41, 5.74) is 2.91. The number of dihydropyridines is 1. The largest absolute Gasteiger partial charge is 0.497 e. The maximum Gasteiger partial charge on any atom is 0.336 e. The standard InChI is InChI=1S/C23H27NO6/c1-6-30-23(27)18-13(3)24-16-11-12(2)17(22(26)29-5)21(25)20(16)19(18)14-7-9-15(28-4)10-8-14/h7-10,12,17,19,24H,6,11H2,1-5H3/t12-,17-,19-/m1/s1. The van der Waals surface area contributed by atoms with Crippen LogP contribution in [0, 0.1) is 11.8 Å². The third-order valence-electron chi connectivity index (χ3n) is 5.69. The van der Waals surface area contributed by atoms with Crippen LogP contribution in [0.1, 0.15) is 38.7 Å². The molecule has 1 aromatic carbocycles. The van der Waals surface area contributed by atoms with Crippen molar-refractivity contribution in [3.8, 4) is 5.75 Å². The molecule has 0 saturated heterocycles. The monoisotopic (exact) mass is 413 g/mol. The van der Waals surface area contributed by atoms with Crippen LogP contribution in [-0.4, -0.2) is 38.5 Å². The van der Waals surface area contributed by atoms with Gasteiger partial charge in [0.1, 0.15) is 11.7 Å². The lowest BCUT2D eigenvalue weighted by molar-refractivity contribution is -0.151. The minimum Gasteiger partial charge on any atom is -0.497 e. The van der Waals surface area contributed by atoms with Crippen LogP contribution in [0.4, 0.5) is 0 Å². The lowest BCUT2D eigenvalue weighted by Gasteiger charge is -2.38. The highest BCUT2D eigenvalue weighted by Gasteiger charge is 2.47. The first-order valence-electron chi connectivity index (χ1n) is 9.97. The van der Waals surface area contributed by atoms with Crippen LogP contribution in [-0.2, 0) is 23.9 Å². The quantitative estimate of drug-likeness (QED) is 0.586. The van der Waals surface area contributed by atoms with E-state index in [1.54, 1.807) is 33.1 Å². The van der Waals surface area contributed by atoms with E-state index in [9.17, 15) is 14.4 Å². The Morgan fingerprint density at radius 2 is 1.83 bits per heavy atom. The molecule has 1 aromatic rings. The Labute approximate surface area is 176 Å². The number of esters is 2. The number of Topliss-reactive ketones (excluding diaryl/α,β-unsaturated/α-hetero) is 1. The van der Waals surface area contributed by atoms with Crippen molar-refractivity contribution in [2.45, 2.75) is 33.1 Å². The second-order valence-electron chi connectivity index (χ2n) is 7.53. The first kappa shape index (κ1) is 21.6. The van der Waals surface area contributed by atoms with Crippen LogP contribution in [0.15, 0.2) is 46.8 Å². The summed E-state index contributed by atoms with van der Waals surface area (Å²) in [5, 5.41) is 3.23. The average molecular weight is 413 g/mol. The van der Waals surface area contributed by atoms with Gasteiger partial charge in [-0.2, -0.15) is 0 Å². The molecule has 160 valence electrons. The number of rotatable bonds is 5. The number of hydrogen-bond donors (Lipinski definition) is 1. The lowest BCUT2D eigenvalue weighted by Crippen LogP contribution is -2.43. The van der Waals surface area contributed by atoms with Gasteiger partial charge in [0.15, 0.2) is 5.78 Å². The number of nitrogens with one attached hydrogen (secondary N) is 1. The van der Waals surface area contributed by atoms with Gasteiger partial charge in [-0.05, 0) is 43.9 Å². The van der Waals surface area contributed by atoms with Crippen LogP contribution in [0.25, 0.3) is 0 Å². The summed E-state index contributed by atoms with van der Waals surface area (Å²) in [6, 6.07) is 7.21. The number of carbonyl (C=O) groups excluding carboxylic acids is 3. The molecule has 3 atom stereocenters. The average Bonchev–Trinajstić information content (AvgIpc) is 2.72. The molecule has 0 unspecified atom stereocenters. The maximum absolute atomic E-state index is 13.5. The van der Waals surface area contributed by atoms with Crippen molar-refractivity contribution in [1.29, 1.82) is 0 Å². The van der Waals surface area contributed by atoms with Crippen LogP contribution in [0.3, 0.4) is 0 Å². The number of ether oxygens (including phenoxy) is 3. The summed E-state index contributed by atoms with van der Waals surface area (Å²) in [6.07, 6.45) is 0.501. The van der Waals surface area contributed by atoms with Crippen LogP contribution in [0.5, 0.6) is 5.75 Å². The predicted molar refractivity (Wildman–Crippen MR) is 110 cm³/mol. The van der Waals surface area contributed by atoms with Gasteiger partial charge >= 0.3 is 11.9 Å². The van der Waals surface area contributed by atoms with Gasteiger partial charge in [-0.1, -0.05) is 19.1 Å². The number of benzene rings is 1. The van der Waals surface area contributed by atoms with E-state index in [0.29, 0.717) is 29.0 Å². The van der Waals surface area contributed by atoms with Crippen molar-refractivity contribution in [1.82, 2.24) is 5.32 Å². The molecule has 7 heteroatoms. The topological polar surface area (TPSA) is 90.9 Å².